The first-order chi connectivity index (χ1) is 26.7. The van der Waals surface area contributed by atoms with E-state index in [1.165, 1.54) is 5.56 Å². The van der Waals surface area contributed by atoms with Crippen LogP contribution in [-0.4, -0.2) is 25.2 Å². The van der Waals surface area contributed by atoms with Gasteiger partial charge in [-0.05, 0) is 122 Å². The number of anilines is 1. The van der Waals surface area contributed by atoms with Gasteiger partial charge >= 0.3 is 11.9 Å². The zero-order valence-corrected chi connectivity index (χ0v) is 33.9. The lowest BCUT2D eigenvalue weighted by atomic mass is 9.65. The summed E-state index contributed by atoms with van der Waals surface area (Å²) in [6.45, 7) is 20.3. The molecule has 5 aromatic carbocycles. The van der Waals surface area contributed by atoms with Crippen molar-refractivity contribution in [2.24, 2.45) is 15.6 Å². The van der Waals surface area contributed by atoms with Gasteiger partial charge in [-0.2, -0.15) is 5.11 Å². The standard InChI is InChI=1S/C48H55N3O5/c1-33(2)45(52)55-30-14-10-9-13-29-54-38-24-19-36(20-25-38)46(53)56-39-22-17-35(18-23-39)32-49-43-27-28-44(41-16-12-11-15-40(41)43)51-50-42-26-21-37(31-34(42)3)48(7,8)47(4,5)6/h11-12,15-28,31,49H,1,9-10,13-14,29-30,32H2,2-8H3/b51-50+. The number of unbranched alkanes of at least 4 members (excludes halogenated alkanes) is 3. The summed E-state index contributed by atoms with van der Waals surface area (Å²) in [7, 11) is 0. The highest BCUT2D eigenvalue weighted by Crippen LogP contribution is 2.42. The second-order valence-electron chi connectivity index (χ2n) is 15.8. The minimum Gasteiger partial charge on any atom is -0.494 e. The van der Waals surface area contributed by atoms with Crippen molar-refractivity contribution in [1.29, 1.82) is 0 Å². The highest BCUT2D eigenvalue weighted by Gasteiger charge is 2.34. The molecule has 0 aliphatic rings. The quantitative estimate of drug-likeness (QED) is 0.0334. The van der Waals surface area contributed by atoms with E-state index in [0.717, 1.165) is 64.6 Å². The second kappa shape index (κ2) is 18.7. The van der Waals surface area contributed by atoms with Gasteiger partial charge in [0.05, 0.1) is 30.2 Å². The molecule has 292 valence electrons. The summed E-state index contributed by atoms with van der Waals surface area (Å²) in [5, 5.41) is 15.0. The van der Waals surface area contributed by atoms with E-state index in [9.17, 15) is 9.59 Å². The highest BCUT2D eigenvalue weighted by molar-refractivity contribution is 6.00. The Hall–Kier alpha value is -5.76. The van der Waals surface area contributed by atoms with E-state index >= 15 is 0 Å². The molecule has 0 saturated heterocycles. The third-order valence-corrected chi connectivity index (χ3v) is 10.6. The Labute approximate surface area is 332 Å². The minimum absolute atomic E-state index is 0.0156. The van der Waals surface area contributed by atoms with Crippen LogP contribution in [0.5, 0.6) is 11.5 Å². The van der Waals surface area contributed by atoms with Crippen molar-refractivity contribution in [2.45, 2.75) is 86.1 Å². The molecule has 0 radical (unpaired) electrons. The molecular formula is C48H55N3O5. The molecule has 56 heavy (non-hydrogen) atoms. The van der Waals surface area contributed by atoms with Crippen LogP contribution < -0.4 is 14.8 Å². The molecule has 1 N–H and O–H groups in total. The largest absolute Gasteiger partial charge is 0.494 e. The summed E-state index contributed by atoms with van der Waals surface area (Å²) in [6.07, 6.45) is 3.60. The van der Waals surface area contributed by atoms with Crippen LogP contribution in [0.15, 0.2) is 126 Å². The van der Waals surface area contributed by atoms with E-state index in [1.807, 2.05) is 36.4 Å². The van der Waals surface area contributed by atoms with Crippen molar-refractivity contribution < 1.29 is 23.8 Å². The fourth-order valence-electron chi connectivity index (χ4n) is 5.98. The van der Waals surface area contributed by atoms with Gasteiger partial charge in [0.25, 0.3) is 0 Å². The van der Waals surface area contributed by atoms with Gasteiger partial charge in [-0.3, -0.25) is 0 Å². The summed E-state index contributed by atoms with van der Waals surface area (Å²) in [6, 6.07) is 33.2. The fourth-order valence-corrected chi connectivity index (χ4v) is 5.98. The van der Waals surface area contributed by atoms with Crippen molar-refractivity contribution in [3.63, 3.8) is 0 Å². The Morgan fingerprint density at radius 2 is 1.34 bits per heavy atom. The van der Waals surface area contributed by atoms with Crippen LogP contribution in [0.2, 0.25) is 0 Å². The zero-order chi connectivity index (χ0) is 40.3. The lowest BCUT2D eigenvalue weighted by molar-refractivity contribution is -0.139. The number of carbonyl (C=O) groups excluding carboxylic acids is 2. The SMILES string of the molecule is C=C(C)C(=O)OCCCCCCOc1ccc(C(=O)Oc2ccc(CNc3ccc(/N=N/c4ccc(C(C)(C)C(C)(C)C)cc4C)c4ccccc34)cc2)cc1. The topological polar surface area (TPSA) is 98.6 Å². The van der Waals surface area contributed by atoms with Gasteiger partial charge < -0.3 is 19.5 Å². The van der Waals surface area contributed by atoms with E-state index in [-0.39, 0.29) is 16.8 Å². The molecule has 0 atom stereocenters. The maximum Gasteiger partial charge on any atom is 0.343 e. The number of fused-ring (bicyclic) bond motifs is 1. The van der Waals surface area contributed by atoms with Crippen LogP contribution in [0.1, 0.15) is 94.3 Å². The molecule has 0 unspecified atom stereocenters. The monoisotopic (exact) mass is 753 g/mol. The highest BCUT2D eigenvalue weighted by atomic mass is 16.5. The normalized spacial score (nSPS) is 11.8. The zero-order valence-electron chi connectivity index (χ0n) is 33.9. The summed E-state index contributed by atoms with van der Waals surface area (Å²) in [5.74, 6) is 0.382. The third-order valence-electron chi connectivity index (χ3n) is 10.6. The predicted molar refractivity (Wildman–Crippen MR) is 227 cm³/mol. The van der Waals surface area contributed by atoms with Crippen LogP contribution in [0.4, 0.5) is 17.1 Å². The molecule has 0 aliphatic heterocycles. The number of nitrogens with one attached hydrogen (secondary N) is 1. The predicted octanol–water partition coefficient (Wildman–Crippen LogP) is 12.8. The summed E-state index contributed by atoms with van der Waals surface area (Å²) in [4.78, 5) is 24.2. The number of rotatable bonds is 17. The van der Waals surface area contributed by atoms with Crippen molar-refractivity contribution in [1.82, 2.24) is 0 Å². The molecule has 8 heteroatoms. The molecule has 0 amide bonds. The molecule has 0 aliphatic carbocycles. The maximum atomic E-state index is 12.8. The summed E-state index contributed by atoms with van der Waals surface area (Å²) >= 11 is 0. The van der Waals surface area contributed by atoms with E-state index in [4.69, 9.17) is 19.3 Å². The van der Waals surface area contributed by atoms with Gasteiger partial charge in [0.1, 0.15) is 11.5 Å². The number of nitrogens with zero attached hydrogens (tertiary/aromatic N) is 2. The first kappa shape index (κ1) is 41.4. The average molecular weight is 754 g/mol. The molecule has 5 rings (SSSR count). The number of hydrogen-bond acceptors (Lipinski definition) is 8. The molecule has 8 nitrogen and oxygen atoms in total. The number of benzene rings is 5. The van der Waals surface area contributed by atoms with Crippen LogP contribution in [-0.2, 0) is 21.5 Å². The van der Waals surface area contributed by atoms with Gasteiger partial charge in [-0.1, -0.05) is 89.7 Å². The summed E-state index contributed by atoms with van der Waals surface area (Å²) in [5.41, 5.74) is 7.09. The number of esters is 2. The average Bonchev–Trinajstić information content (AvgIpc) is 3.18. The first-order valence-corrected chi connectivity index (χ1v) is 19.4. The van der Waals surface area contributed by atoms with Gasteiger partial charge in [0, 0.05) is 28.6 Å². The second-order valence-corrected chi connectivity index (χ2v) is 15.8. The van der Waals surface area contributed by atoms with Crippen LogP contribution in [0, 0.1) is 12.3 Å². The van der Waals surface area contributed by atoms with Crippen molar-refractivity contribution in [2.75, 3.05) is 18.5 Å². The first-order valence-electron chi connectivity index (χ1n) is 19.4. The molecule has 0 heterocycles. The van der Waals surface area contributed by atoms with E-state index in [2.05, 4.69) is 88.9 Å². The molecule has 0 saturated carbocycles. The van der Waals surface area contributed by atoms with Crippen molar-refractivity contribution in [3.05, 3.63) is 138 Å². The van der Waals surface area contributed by atoms with E-state index in [1.54, 1.807) is 43.3 Å². The van der Waals surface area contributed by atoms with Crippen LogP contribution in [0.3, 0.4) is 0 Å². The number of ether oxygens (including phenoxy) is 3. The van der Waals surface area contributed by atoms with Gasteiger partial charge in [-0.15, -0.1) is 5.11 Å². The Kier molecular flexibility index (Phi) is 13.8. The molecule has 0 aromatic heterocycles. The molecular weight excluding hydrogens is 699 g/mol. The number of azo groups is 1. The molecule has 0 fully saturated rings. The van der Waals surface area contributed by atoms with Crippen LogP contribution >= 0.6 is 0 Å². The Morgan fingerprint density at radius 1 is 0.714 bits per heavy atom. The molecule has 0 bridgehead atoms. The maximum absolute atomic E-state index is 12.8. The molecule has 0 spiro atoms. The fraction of sp³-hybridized carbons (Fsp3) is 0.333. The number of hydrogen-bond donors (Lipinski definition) is 1. The Morgan fingerprint density at radius 3 is 2.00 bits per heavy atom. The van der Waals surface area contributed by atoms with Crippen LogP contribution in [0.25, 0.3) is 10.8 Å². The lowest BCUT2D eigenvalue weighted by Crippen LogP contribution is -2.33. The number of aryl methyl sites for hydroxylation is 1. The summed E-state index contributed by atoms with van der Waals surface area (Å²) < 4.78 is 16.6. The van der Waals surface area contributed by atoms with Gasteiger partial charge in [-0.25, -0.2) is 9.59 Å². The third kappa shape index (κ3) is 10.9. The minimum atomic E-state index is -0.435. The molecule has 5 aromatic rings. The van der Waals surface area contributed by atoms with E-state index in [0.29, 0.717) is 42.4 Å². The van der Waals surface area contributed by atoms with Gasteiger partial charge in [0.2, 0.25) is 0 Å². The van der Waals surface area contributed by atoms with Crippen molar-refractivity contribution >= 4 is 39.8 Å². The smallest absolute Gasteiger partial charge is 0.343 e. The van der Waals surface area contributed by atoms with E-state index < -0.39 is 5.97 Å². The van der Waals surface area contributed by atoms with Crippen molar-refractivity contribution in [3.8, 4) is 11.5 Å². The lowest BCUT2D eigenvalue weighted by Gasteiger charge is -2.39. The Bertz CT molecular complexity index is 2160. The Balaban J connectivity index is 1.10. The number of carbonyl (C=O) groups is 2. The van der Waals surface area contributed by atoms with Gasteiger partial charge in [0.15, 0.2) is 0 Å².